The fraction of sp³-hybridized carbons (Fsp3) is 0.333. The Balaban J connectivity index is 1.84. The van der Waals surface area contributed by atoms with E-state index in [2.05, 4.69) is 5.32 Å². The zero-order valence-electron chi connectivity index (χ0n) is 17.2. The molecule has 1 aromatic heterocycles. The second-order valence-electron chi connectivity index (χ2n) is 6.80. The Hall–Kier alpha value is -3.04. The summed E-state index contributed by atoms with van der Waals surface area (Å²) in [4.78, 5) is 52.1. The van der Waals surface area contributed by atoms with Gasteiger partial charge in [-0.05, 0) is 44.0 Å². The minimum atomic E-state index is -0.534. The lowest BCUT2D eigenvalue weighted by Crippen LogP contribution is -2.31. The Kier molecular flexibility index (Phi) is 6.33. The molecule has 0 saturated heterocycles. The summed E-state index contributed by atoms with van der Waals surface area (Å²) in [5, 5.41) is 3.11. The number of nitrogens with zero attached hydrogens (tertiary/aromatic N) is 1. The van der Waals surface area contributed by atoms with E-state index in [1.165, 1.54) is 36.6 Å². The van der Waals surface area contributed by atoms with Gasteiger partial charge in [-0.1, -0.05) is 0 Å². The van der Waals surface area contributed by atoms with Crippen molar-refractivity contribution in [1.82, 2.24) is 4.90 Å². The molecule has 1 aliphatic heterocycles. The van der Waals surface area contributed by atoms with E-state index in [4.69, 9.17) is 9.47 Å². The van der Waals surface area contributed by atoms with Gasteiger partial charge >= 0.3 is 5.97 Å². The van der Waals surface area contributed by atoms with Gasteiger partial charge in [-0.25, -0.2) is 4.79 Å². The number of hydrogen-bond donors (Lipinski definition) is 1. The van der Waals surface area contributed by atoms with Crippen molar-refractivity contribution in [1.29, 1.82) is 0 Å². The van der Waals surface area contributed by atoms with Crippen LogP contribution in [0.15, 0.2) is 18.2 Å². The summed E-state index contributed by atoms with van der Waals surface area (Å²) in [6, 6.07) is 4.38. The lowest BCUT2D eigenvalue weighted by Gasteiger charge is -2.12. The smallest absolute Gasteiger partial charge is 0.341 e. The third-order valence-corrected chi connectivity index (χ3v) is 6.09. The van der Waals surface area contributed by atoms with Gasteiger partial charge in [0.25, 0.3) is 17.7 Å². The summed E-state index contributed by atoms with van der Waals surface area (Å²) < 4.78 is 9.78. The van der Waals surface area contributed by atoms with Crippen LogP contribution in [0.4, 0.5) is 5.00 Å². The molecular weight excluding hydrogens is 408 g/mol. The Labute approximate surface area is 177 Å². The first-order valence-electron chi connectivity index (χ1n) is 9.29. The summed E-state index contributed by atoms with van der Waals surface area (Å²) in [6.45, 7) is 4.31. The Morgan fingerprint density at radius 1 is 1.10 bits per heavy atom. The fourth-order valence-corrected chi connectivity index (χ4v) is 4.28. The number of amides is 3. The highest BCUT2D eigenvalue weighted by molar-refractivity contribution is 7.16. The third kappa shape index (κ3) is 3.86. The molecule has 0 aliphatic carbocycles. The summed E-state index contributed by atoms with van der Waals surface area (Å²) in [5.74, 6) is -1.83. The first-order valence-corrected chi connectivity index (χ1v) is 10.1. The fourth-order valence-electron chi connectivity index (χ4n) is 3.24. The largest absolute Gasteiger partial charge is 0.465 e. The Morgan fingerprint density at radius 2 is 1.80 bits per heavy atom. The number of carbonyl (C=O) groups is 4. The minimum Gasteiger partial charge on any atom is -0.465 e. The molecule has 1 aliphatic rings. The maximum atomic E-state index is 12.8. The summed E-state index contributed by atoms with van der Waals surface area (Å²) in [5.41, 5.74) is 1.73. The van der Waals surface area contributed by atoms with Crippen LogP contribution in [0.25, 0.3) is 0 Å². The summed E-state index contributed by atoms with van der Waals surface area (Å²) in [7, 11) is 2.83. The molecule has 8 nitrogen and oxygen atoms in total. The van der Waals surface area contributed by atoms with Crippen molar-refractivity contribution < 1.29 is 28.7 Å². The van der Waals surface area contributed by atoms with Crippen molar-refractivity contribution in [3.05, 3.63) is 50.9 Å². The van der Waals surface area contributed by atoms with Crippen LogP contribution in [0.1, 0.15) is 58.3 Å². The molecular formula is C21H22N2O6S. The van der Waals surface area contributed by atoms with Crippen LogP contribution >= 0.6 is 11.3 Å². The highest BCUT2D eigenvalue weighted by Crippen LogP contribution is 2.33. The monoisotopic (exact) mass is 430 g/mol. The quantitative estimate of drug-likeness (QED) is 0.412. The average molecular weight is 430 g/mol. The van der Waals surface area contributed by atoms with Gasteiger partial charge in [0.1, 0.15) is 5.00 Å². The van der Waals surface area contributed by atoms with Gasteiger partial charge in [0.2, 0.25) is 0 Å². The molecule has 0 fully saturated rings. The molecule has 0 spiro atoms. The normalized spacial score (nSPS) is 12.9. The molecule has 158 valence electrons. The number of carbonyl (C=O) groups excluding carboxylic acids is 4. The standard InChI is InChI=1S/C21H22N2O6S/c1-11-12(2)30-18(16(11)21(27)29-4)22-17(24)13-6-7-14-15(10-13)20(26)23(19(14)25)8-5-9-28-3/h6-7,10H,5,8-9H2,1-4H3,(H,22,24). The molecule has 0 bridgehead atoms. The van der Waals surface area contributed by atoms with Crippen LogP contribution in [-0.2, 0) is 9.47 Å². The Morgan fingerprint density at radius 3 is 2.47 bits per heavy atom. The number of methoxy groups -OCH3 is 2. The van der Waals surface area contributed by atoms with Crippen LogP contribution in [-0.4, -0.2) is 56.0 Å². The van der Waals surface area contributed by atoms with Gasteiger partial charge in [-0.2, -0.15) is 0 Å². The van der Waals surface area contributed by atoms with Gasteiger partial charge in [0.15, 0.2) is 0 Å². The number of imide groups is 1. The lowest BCUT2D eigenvalue weighted by atomic mass is 10.1. The maximum absolute atomic E-state index is 12.8. The number of aryl methyl sites for hydroxylation is 1. The van der Waals surface area contributed by atoms with Crippen molar-refractivity contribution in [2.45, 2.75) is 20.3 Å². The zero-order valence-corrected chi connectivity index (χ0v) is 18.0. The molecule has 0 radical (unpaired) electrons. The number of hydrogen-bond acceptors (Lipinski definition) is 7. The van der Waals surface area contributed by atoms with Crippen molar-refractivity contribution in [3.8, 4) is 0 Å². The first kappa shape index (κ1) is 21.7. The van der Waals surface area contributed by atoms with Gasteiger partial charge in [-0.15, -0.1) is 11.3 Å². The van der Waals surface area contributed by atoms with E-state index < -0.39 is 17.8 Å². The van der Waals surface area contributed by atoms with Crippen molar-refractivity contribution >= 4 is 40.0 Å². The van der Waals surface area contributed by atoms with E-state index in [1.54, 1.807) is 14.0 Å². The number of fused-ring (bicyclic) bond motifs is 1. The number of benzene rings is 1. The van der Waals surface area contributed by atoms with Gasteiger partial charge in [0.05, 0.1) is 23.8 Å². The maximum Gasteiger partial charge on any atom is 0.341 e. The van der Waals surface area contributed by atoms with Crippen molar-refractivity contribution in [3.63, 3.8) is 0 Å². The van der Waals surface area contributed by atoms with Crippen molar-refractivity contribution in [2.24, 2.45) is 0 Å². The van der Waals surface area contributed by atoms with E-state index in [1.807, 2.05) is 6.92 Å². The number of thiophene rings is 1. The van der Waals surface area contributed by atoms with E-state index >= 15 is 0 Å². The predicted molar refractivity (Wildman–Crippen MR) is 111 cm³/mol. The van der Waals surface area contributed by atoms with Crippen molar-refractivity contribution in [2.75, 3.05) is 32.7 Å². The van der Waals surface area contributed by atoms with E-state index in [-0.39, 0.29) is 29.1 Å². The predicted octanol–water partition coefficient (Wildman–Crippen LogP) is 3.04. The van der Waals surface area contributed by atoms with Crippen LogP contribution in [0, 0.1) is 13.8 Å². The van der Waals surface area contributed by atoms with Crippen LogP contribution < -0.4 is 5.32 Å². The summed E-state index contributed by atoms with van der Waals surface area (Å²) >= 11 is 1.27. The highest BCUT2D eigenvalue weighted by atomic mass is 32.1. The number of nitrogens with one attached hydrogen (secondary N) is 1. The van der Waals surface area contributed by atoms with Crippen LogP contribution in [0.2, 0.25) is 0 Å². The topological polar surface area (TPSA) is 102 Å². The summed E-state index contributed by atoms with van der Waals surface area (Å²) in [6.07, 6.45) is 0.530. The Bertz CT molecular complexity index is 1040. The average Bonchev–Trinajstić information content (AvgIpc) is 3.14. The molecule has 3 rings (SSSR count). The van der Waals surface area contributed by atoms with E-state index in [0.29, 0.717) is 23.6 Å². The molecule has 1 aromatic carbocycles. The first-order chi connectivity index (χ1) is 14.3. The third-order valence-electron chi connectivity index (χ3n) is 4.96. The molecule has 30 heavy (non-hydrogen) atoms. The number of anilines is 1. The van der Waals surface area contributed by atoms with E-state index in [9.17, 15) is 19.2 Å². The van der Waals surface area contributed by atoms with Gasteiger partial charge in [0, 0.05) is 30.7 Å². The zero-order chi connectivity index (χ0) is 22.0. The van der Waals surface area contributed by atoms with E-state index in [0.717, 1.165) is 15.3 Å². The molecule has 9 heteroatoms. The highest BCUT2D eigenvalue weighted by Gasteiger charge is 2.35. The molecule has 0 saturated carbocycles. The SMILES string of the molecule is COCCCN1C(=O)c2ccc(C(=O)Nc3sc(C)c(C)c3C(=O)OC)cc2C1=O. The number of esters is 1. The lowest BCUT2D eigenvalue weighted by molar-refractivity contribution is 0.0598. The molecule has 2 aromatic rings. The molecule has 3 amide bonds. The molecule has 0 atom stereocenters. The minimum absolute atomic E-state index is 0.191. The van der Waals surface area contributed by atoms with Crippen LogP contribution in [0.3, 0.4) is 0 Å². The molecule has 0 unspecified atom stereocenters. The van der Waals surface area contributed by atoms with Gasteiger partial charge < -0.3 is 14.8 Å². The molecule has 1 N–H and O–H groups in total. The second-order valence-corrected chi connectivity index (χ2v) is 8.03. The second kappa shape index (κ2) is 8.76. The number of rotatable bonds is 7. The van der Waals surface area contributed by atoms with Gasteiger partial charge in [-0.3, -0.25) is 19.3 Å². The molecule has 2 heterocycles. The van der Waals surface area contributed by atoms with Crippen LogP contribution in [0.5, 0.6) is 0 Å². The number of ether oxygens (including phenoxy) is 2.